The van der Waals surface area contributed by atoms with Crippen molar-refractivity contribution in [2.75, 3.05) is 45.4 Å². The van der Waals surface area contributed by atoms with E-state index < -0.39 is 28.5 Å². The standard InChI is InChI=1S/C25H26F3N5O4S/c1-32-14-20(30-23(34)15-32)17-6-5-11-33-21(13-25(26,27)28)18(31-24(17)33)7-4-10-29-19-9-8-16(38(3,35)36)12-22(19)37-2/h5-6,8-9,11-12,20,29H,10,13-15H2,1-3H3,(H,30,34)/t20-/m1/s1. The van der Waals surface area contributed by atoms with Gasteiger partial charge in [-0.1, -0.05) is 12.0 Å². The first-order valence-corrected chi connectivity index (χ1v) is 13.4. The lowest BCUT2D eigenvalue weighted by molar-refractivity contribution is -0.128. The van der Waals surface area contributed by atoms with E-state index >= 15 is 0 Å². The highest BCUT2D eigenvalue weighted by Crippen LogP contribution is 2.29. The monoisotopic (exact) mass is 549 g/mol. The molecule has 1 aliphatic rings. The smallest absolute Gasteiger partial charge is 0.394 e. The molecular formula is C25H26F3N5O4S. The number of nitrogens with one attached hydrogen (secondary N) is 2. The van der Waals surface area contributed by atoms with Crippen LogP contribution in [0.1, 0.15) is 23.0 Å². The molecule has 3 heterocycles. The molecule has 13 heteroatoms. The quantitative estimate of drug-likeness (QED) is 0.455. The van der Waals surface area contributed by atoms with E-state index in [-0.39, 0.29) is 41.0 Å². The maximum Gasteiger partial charge on any atom is 0.394 e. The number of nitrogens with zero attached hydrogens (tertiary/aromatic N) is 3. The van der Waals surface area contributed by atoms with Crippen LogP contribution in [-0.4, -0.2) is 74.8 Å². The van der Waals surface area contributed by atoms with Gasteiger partial charge in [-0.25, -0.2) is 13.4 Å². The van der Waals surface area contributed by atoms with Gasteiger partial charge >= 0.3 is 6.18 Å². The first kappa shape index (κ1) is 27.3. The molecule has 0 saturated carbocycles. The second-order valence-electron chi connectivity index (χ2n) is 8.96. The number of methoxy groups -OCH3 is 1. The van der Waals surface area contributed by atoms with Crippen molar-refractivity contribution in [1.29, 1.82) is 0 Å². The van der Waals surface area contributed by atoms with Crippen LogP contribution in [0.3, 0.4) is 0 Å². The zero-order valence-corrected chi connectivity index (χ0v) is 21.7. The molecule has 1 aliphatic heterocycles. The van der Waals surface area contributed by atoms with Crippen LogP contribution in [0.4, 0.5) is 18.9 Å². The van der Waals surface area contributed by atoms with Crippen molar-refractivity contribution in [3.8, 4) is 17.6 Å². The Hall–Kier alpha value is -3.76. The fourth-order valence-corrected chi connectivity index (χ4v) is 4.90. The van der Waals surface area contributed by atoms with E-state index in [9.17, 15) is 26.4 Å². The molecule has 1 saturated heterocycles. The summed E-state index contributed by atoms with van der Waals surface area (Å²) >= 11 is 0. The summed E-state index contributed by atoms with van der Waals surface area (Å²) in [5.74, 6) is 5.63. The van der Waals surface area contributed by atoms with Crippen molar-refractivity contribution >= 4 is 27.1 Å². The zero-order valence-electron chi connectivity index (χ0n) is 20.9. The van der Waals surface area contributed by atoms with Crippen molar-refractivity contribution in [1.82, 2.24) is 19.6 Å². The number of piperazine rings is 1. The number of hydrogen-bond acceptors (Lipinski definition) is 7. The molecule has 38 heavy (non-hydrogen) atoms. The lowest BCUT2D eigenvalue weighted by Crippen LogP contribution is -2.47. The third-order valence-corrected chi connectivity index (χ3v) is 7.05. The summed E-state index contributed by atoms with van der Waals surface area (Å²) < 4.78 is 70.6. The van der Waals surface area contributed by atoms with Gasteiger partial charge in [-0.15, -0.1) is 0 Å². The van der Waals surface area contributed by atoms with Gasteiger partial charge in [0, 0.05) is 30.6 Å². The average Bonchev–Trinajstić information content (AvgIpc) is 3.16. The minimum atomic E-state index is -4.49. The van der Waals surface area contributed by atoms with Crippen molar-refractivity contribution in [3.63, 3.8) is 0 Å². The van der Waals surface area contributed by atoms with Gasteiger partial charge in [-0.3, -0.25) is 9.69 Å². The number of anilines is 1. The van der Waals surface area contributed by atoms with E-state index in [1.807, 2.05) is 4.90 Å². The van der Waals surface area contributed by atoms with Crippen LogP contribution < -0.4 is 15.4 Å². The van der Waals surface area contributed by atoms with Gasteiger partial charge in [0.1, 0.15) is 17.1 Å². The lowest BCUT2D eigenvalue weighted by Gasteiger charge is -2.30. The molecule has 0 unspecified atom stereocenters. The second-order valence-corrected chi connectivity index (χ2v) is 11.0. The summed E-state index contributed by atoms with van der Waals surface area (Å²) in [6.45, 7) is 0.751. The van der Waals surface area contributed by atoms with Crippen LogP contribution in [-0.2, 0) is 21.1 Å². The fourth-order valence-electron chi connectivity index (χ4n) is 4.27. The number of aromatic nitrogens is 2. The number of sulfone groups is 1. The Balaban J connectivity index is 1.65. The van der Waals surface area contributed by atoms with Gasteiger partial charge in [0.05, 0.1) is 48.9 Å². The average molecular weight is 550 g/mol. The van der Waals surface area contributed by atoms with E-state index in [0.29, 0.717) is 23.4 Å². The molecule has 0 radical (unpaired) electrons. The van der Waals surface area contributed by atoms with Crippen molar-refractivity contribution < 1.29 is 31.1 Å². The minimum absolute atomic E-state index is 0.0218. The van der Waals surface area contributed by atoms with Gasteiger partial charge in [0.25, 0.3) is 0 Å². The van der Waals surface area contributed by atoms with E-state index in [1.165, 1.54) is 35.9 Å². The molecule has 0 spiro atoms. The van der Waals surface area contributed by atoms with Gasteiger partial charge in [0.2, 0.25) is 5.91 Å². The number of alkyl halides is 3. The molecule has 0 bridgehead atoms. The highest BCUT2D eigenvalue weighted by atomic mass is 32.2. The van der Waals surface area contributed by atoms with Crippen molar-refractivity contribution in [2.45, 2.75) is 23.5 Å². The largest absolute Gasteiger partial charge is 0.495 e. The Morgan fingerprint density at radius 1 is 1.29 bits per heavy atom. The number of carbonyl (C=O) groups excluding carboxylic acids is 1. The summed E-state index contributed by atoms with van der Waals surface area (Å²) in [6, 6.07) is 7.23. The molecule has 1 fully saturated rings. The van der Waals surface area contributed by atoms with Crippen LogP contribution in [0.5, 0.6) is 5.75 Å². The zero-order chi connectivity index (χ0) is 27.7. The summed E-state index contributed by atoms with van der Waals surface area (Å²) in [7, 11) is -0.245. The van der Waals surface area contributed by atoms with Gasteiger partial charge in [-0.2, -0.15) is 13.2 Å². The van der Waals surface area contributed by atoms with Crippen molar-refractivity contribution in [2.24, 2.45) is 0 Å². The summed E-state index contributed by atoms with van der Waals surface area (Å²) in [5, 5.41) is 5.86. The number of carbonyl (C=O) groups is 1. The Morgan fingerprint density at radius 3 is 2.71 bits per heavy atom. The lowest BCUT2D eigenvalue weighted by atomic mass is 10.1. The molecule has 0 aliphatic carbocycles. The molecule has 2 aromatic heterocycles. The van der Waals surface area contributed by atoms with Crippen LogP contribution in [0, 0.1) is 11.8 Å². The number of amides is 1. The first-order chi connectivity index (χ1) is 17.9. The van der Waals surface area contributed by atoms with E-state index in [0.717, 1.165) is 6.26 Å². The molecule has 202 valence electrons. The summed E-state index contributed by atoms with van der Waals surface area (Å²) in [6.07, 6.45) is -3.14. The normalized spacial score (nSPS) is 16.6. The molecule has 1 atom stereocenters. The maximum atomic E-state index is 13.5. The number of hydrogen-bond donors (Lipinski definition) is 2. The highest BCUT2D eigenvalue weighted by molar-refractivity contribution is 7.90. The Kier molecular flexibility index (Phi) is 7.57. The fraction of sp³-hybridized carbons (Fsp3) is 0.360. The predicted octanol–water partition coefficient (Wildman–Crippen LogP) is 2.42. The Bertz CT molecular complexity index is 1540. The van der Waals surface area contributed by atoms with Crippen LogP contribution >= 0.6 is 0 Å². The molecule has 1 aromatic carbocycles. The maximum absolute atomic E-state index is 13.5. The molecule has 3 aromatic rings. The highest BCUT2D eigenvalue weighted by Gasteiger charge is 2.32. The number of benzene rings is 1. The van der Waals surface area contributed by atoms with Gasteiger partial charge in [-0.05, 0) is 31.2 Å². The molecule has 2 N–H and O–H groups in total. The van der Waals surface area contributed by atoms with E-state index in [1.54, 1.807) is 19.2 Å². The number of likely N-dealkylation sites (N-methyl/N-ethyl adjacent to an activating group) is 1. The van der Waals surface area contributed by atoms with Crippen LogP contribution in [0.15, 0.2) is 41.4 Å². The van der Waals surface area contributed by atoms with Crippen molar-refractivity contribution in [3.05, 3.63) is 53.5 Å². The van der Waals surface area contributed by atoms with E-state index in [2.05, 4.69) is 27.5 Å². The van der Waals surface area contributed by atoms with Gasteiger partial charge in [0.15, 0.2) is 9.84 Å². The molecule has 1 amide bonds. The SMILES string of the molecule is COc1cc(S(C)(=O)=O)ccc1NCC#Cc1nc2c([C@H]3CN(C)CC(=O)N3)cccn2c1CC(F)(F)F. The van der Waals surface area contributed by atoms with E-state index in [4.69, 9.17) is 4.74 Å². The number of fused-ring (bicyclic) bond motifs is 1. The minimum Gasteiger partial charge on any atom is -0.495 e. The number of ether oxygens (including phenoxy) is 1. The number of rotatable bonds is 6. The second kappa shape index (κ2) is 10.5. The topological polar surface area (TPSA) is 105 Å². The van der Waals surface area contributed by atoms with Crippen LogP contribution in [0.25, 0.3) is 5.65 Å². The predicted molar refractivity (Wildman–Crippen MR) is 135 cm³/mol. The summed E-state index contributed by atoms with van der Waals surface area (Å²) in [4.78, 5) is 18.4. The Morgan fingerprint density at radius 2 is 2.05 bits per heavy atom. The molecule has 9 nitrogen and oxygen atoms in total. The number of pyridine rings is 1. The molecular weight excluding hydrogens is 523 g/mol. The van der Waals surface area contributed by atoms with Crippen LogP contribution in [0.2, 0.25) is 0 Å². The third kappa shape index (κ3) is 6.20. The summed E-state index contributed by atoms with van der Waals surface area (Å²) in [5.41, 5.74) is 1.23. The Labute approximate surface area is 217 Å². The van der Waals surface area contributed by atoms with Gasteiger partial charge < -0.3 is 19.8 Å². The number of halogens is 3. The third-order valence-electron chi connectivity index (χ3n) is 5.94. The first-order valence-electron chi connectivity index (χ1n) is 11.5. The number of imidazole rings is 1. The molecule has 4 rings (SSSR count).